The lowest BCUT2D eigenvalue weighted by molar-refractivity contribution is 0.415. The van der Waals surface area contributed by atoms with E-state index in [2.05, 4.69) is 0 Å². The summed E-state index contributed by atoms with van der Waals surface area (Å²) >= 11 is 0. The predicted molar refractivity (Wildman–Crippen MR) is 90.2 cm³/mol. The van der Waals surface area contributed by atoms with E-state index >= 15 is 0 Å². The molecule has 4 nitrogen and oxygen atoms in total. The SMILES string of the molecule is COc1ccc(N(C)c2cc3ccccc3n(C)c2=O)cc1. The maximum Gasteiger partial charge on any atom is 0.274 e. The standard InChI is InChI=1S/C18H18N2O2/c1-19(14-8-10-15(22-3)11-9-14)17-12-13-6-4-5-7-16(13)20(2)18(17)21/h4-12H,1-3H3. The Morgan fingerprint density at radius 1 is 1.05 bits per heavy atom. The van der Waals surface area contributed by atoms with Crippen LogP contribution in [0, 0.1) is 0 Å². The zero-order valence-corrected chi connectivity index (χ0v) is 12.9. The summed E-state index contributed by atoms with van der Waals surface area (Å²) in [5, 5.41) is 1.04. The Kier molecular flexibility index (Phi) is 3.59. The number of anilines is 2. The van der Waals surface area contributed by atoms with Crippen molar-refractivity contribution in [3.63, 3.8) is 0 Å². The molecule has 0 amide bonds. The Morgan fingerprint density at radius 3 is 2.41 bits per heavy atom. The van der Waals surface area contributed by atoms with E-state index in [1.165, 1.54) is 0 Å². The Bertz CT molecular complexity index is 866. The Morgan fingerprint density at radius 2 is 1.73 bits per heavy atom. The van der Waals surface area contributed by atoms with Crippen molar-refractivity contribution >= 4 is 22.3 Å². The van der Waals surface area contributed by atoms with E-state index < -0.39 is 0 Å². The Hall–Kier alpha value is -2.75. The number of hydrogen-bond acceptors (Lipinski definition) is 3. The van der Waals surface area contributed by atoms with Gasteiger partial charge in [-0.05, 0) is 36.4 Å². The van der Waals surface area contributed by atoms with E-state index in [0.29, 0.717) is 5.69 Å². The van der Waals surface area contributed by atoms with Gasteiger partial charge in [0.1, 0.15) is 11.4 Å². The molecular formula is C18H18N2O2. The highest BCUT2D eigenvalue weighted by Crippen LogP contribution is 2.25. The molecule has 0 radical (unpaired) electrons. The molecule has 3 aromatic rings. The number of methoxy groups -OCH3 is 1. The summed E-state index contributed by atoms with van der Waals surface area (Å²) in [5.74, 6) is 0.795. The molecule has 0 aliphatic carbocycles. The van der Waals surface area contributed by atoms with Gasteiger partial charge in [-0.25, -0.2) is 0 Å². The summed E-state index contributed by atoms with van der Waals surface area (Å²) in [6.45, 7) is 0. The lowest BCUT2D eigenvalue weighted by Gasteiger charge is -2.20. The summed E-state index contributed by atoms with van der Waals surface area (Å²) < 4.78 is 6.86. The molecule has 22 heavy (non-hydrogen) atoms. The molecule has 0 bridgehead atoms. The Labute approximate surface area is 129 Å². The quantitative estimate of drug-likeness (QED) is 0.743. The van der Waals surface area contributed by atoms with Gasteiger partial charge in [0.05, 0.1) is 12.6 Å². The topological polar surface area (TPSA) is 34.5 Å². The van der Waals surface area contributed by atoms with Gasteiger partial charge in [-0.1, -0.05) is 18.2 Å². The number of benzene rings is 2. The van der Waals surface area contributed by atoms with Crippen LogP contribution in [0.5, 0.6) is 5.75 Å². The van der Waals surface area contributed by atoms with Crippen LogP contribution in [0.2, 0.25) is 0 Å². The van der Waals surface area contributed by atoms with Crippen molar-refractivity contribution in [2.24, 2.45) is 7.05 Å². The molecule has 0 N–H and O–H groups in total. The molecule has 112 valence electrons. The number of pyridine rings is 1. The van der Waals surface area contributed by atoms with E-state index in [4.69, 9.17) is 4.74 Å². The van der Waals surface area contributed by atoms with Crippen LogP contribution in [0.3, 0.4) is 0 Å². The second-order valence-corrected chi connectivity index (χ2v) is 5.21. The second-order valence-electron chi connectivity index (χ2n) is 5.21. The molecule has 0 atom stereocenters. The van der Waals surface area contributed by atoms with E-state index in [9.17, 15) is 4.79 Å². The first-order valence-corrected chi connectivity index (χ1v) is 7.08. The monoisotopic (exact) mass is 294 g/mol. The van der Waals surface area contributed by atoms with Crippen molar-refractivity contribution in [1.29, 1.82) is 0 Å². The molecule has 3 rings (SSSR count). The van der Waals surface area contributed by atoms with Crippen molar-refractivity contribution in [3.8, 4) is 5.75 Å². The molecule has 0 fully saturated rings. The Balaban J connectivity index is 2.12. The van der Waals surface area contributed by atoms with Crippen LogP contribution in [0.15, 0.2) is 59.4 Å². The van der Waals surface area contributed by atoms with E-state index in [0.717, 1.165) is 22.3 Å². The van der Waals surface area contributed by atoms with Crippen LogP contribution < -0.4 is 15.2 Å². The number of hydrogen-bond donors (Lipinski definition) is 0. The average molecular weight is 294 g/mol. The zero-order valence-electron chi connectivity index (χ0n) is 12.9. The van der Waals surface area contributed by atoms with Gasteiger partial charge in [-0.3, -0.25) is 4.79 Å². The number of para-hydroxylation sites is 1. The van der Waals surface area contributed by atoms with Crippen LogP contribution in [0.25, 0.3) is 10.9 Å². The molecule has 2 aromatic carbocycles. The fourth-order valence-corrected chi connectivity index (χ4v) is 2.59. The fraction of sp³-hybridized carbons (Fsp3) is 0.167. The lowest BCUT2D eigenvalue weighted by Crippen LogP contribution is -2.25. The van der Waals surface area contributed by atoms with Gasteiger partial charge < -0.3 is 14.2 Å². The van der Waals surface area contributed by atoms with Crippen molar-refractivity contribution in [2.45, 2.75) is 0 Å². The highest BCUT2D eigenvalue weighted by atomic mass is 16.5. The fourth-order valence-electron chi connectivity index (χ4n) is 2.59. The summed E-state index contributed by atoms with van der Waals surface area (Å²) in [6, 6.07) is 17.5. The van der Waals surface area contributed by atoms with Crippen molar-refractivity contribution in [3.05, 3.63) is 65.0 Å². The third kappa shape index (κ3) is 2.33. The molecule has 0 aliphatic heterocycles. The molecule has 4 heteroatoms. The van der Waals surface area contributed by atoms with Crippen LogP contribution in [0.1, 0.15) is 0 Å². The molecule has 0 unspecified atom stereocenters. The van der Waals surface area contributed by atoms with Gasteiger partial charge in [-0.15, -0.1) is 0 Å². The largest absolute Gasteiger partial charge is 0.497 e. The minimum Gasteiger partial charge on any atom is -0.497 e. The molecule has 0 saturated carbocycles. The molecular weight excluding hydrogens is 276 g/mol. The minimum atomic E-state index is -0.0166. The summed E-state index contributed by atoms with van der Waals surface area (Å²) in [7, 11) is 5.33. The van der Waals surface area contributed by atoms with Crippen molar-refractivity contribution < 1.29 is 4.74 Å². The number of aryl methyl sites for hydroxylation is 1. The van der Waals surface area contributed by atoms with E-state index in [-0.39, 0.29) is 5.56 Å². The first-order chi connectivity index (χ1) is 10.6. The normalized spacial score (nSPS) is 10.7. The number of rotatable bonds is 3. The second kappa shape index (κ2) is 5.56. The third-order valence-electron chi connectivity index (χ3n) is 3.94. The maximum atomic E-state index is 12.6. The first-order valence-electron chi connectivity index (χ1n) is 7.08. The number of fused-ring (bicyclic) bond motifs is 1. The molecule has 1 heterocycles. The lowest BCUT2D eigenvalue weighted by atomic mass is 10.2. The highest BCUT2D eigenvalue weighted by molar-refractivity contribution is 5.83. The minimum absolute atomic E-state index is 0.0166. The van der Waals surface area contributed by atoms with Crippen LogP contribution >= 0.6 is 0 Å². The van der Waals surface area contributed by atoms with Gasteiger partial charge in [0, 0.05) is 25.2 Å². The van der Waals surface area contributed by atoms with Crippen LogP contribution in [0.4, 0.5) is 11.4 Å². The van der Waals surface area contributed by atoms with Gasteiger partial charge >= 0.3 is 0 Å². The van der Waals surface area contributed by atoms with Crippen molar-refractivity contribution in [2.75, 3.05) is 19.1 Å². The number of aromatic nitrogens is 1. The van der Waals surface area contributed by atoms with E-state index in [1.807, 2.05) is 66.5 Å². The average Bonchev–Trinajstić information content (AvgIpc) is 2.57. The predicted octanol–water partition coefficient (Wildman–Crippen LogP) is 3.32. The summed E-state index contributed by atoms with van der Waals surface area (Å²) in [5.41, 5.74) is 2.50. The first kappa shape index (κ1) is 14.2. The molecule has 1 aromatic heterocycles. The van der Waals surface area contributed by atoms with Gasteiger partial charge in [-0.2, -0.15) is 0 Å². The van der Waals surface area contributed by atoms with Crippen molar-refractivity contribution in [1.82, 2.24) is 4.57 Å². The number of ether oxygens (including phenoxy) is 1. The van der Waals surface area contributed by atoms with Gasteiger partial charge in [0.25, 0.3) is 5.56 Å². The third-order valence-corrected chi connectivity index (χ3v) is 3.94. The van der Waals surface area contributed by atoms with Crippen LogP contribution in [-0.2, 0) is 7.05 Å². The van der Waals surface area contributed by atoms with Gasteiger partial charge in [0.2, 0.25) is 0 Å². The van der Waals surface area contributed by atoms with E-state index in [1.54, 1.807) is 18.7 Å². The molecule has 0 saturated heterocycles. The smallest absolute Gasteiger partial charge is 0.274 e. The van der Waals surface area contributed by atoms with Gasteiger partial charge in [0.15, 0.2) is 0 Å². The maximum absolute atomic E-state index is 12.6. The molecule has 0 spiro atoms. The highest BCUT2D eigenvalue weighted by Gasteiger charge is 2.12. The summed E-state index contributed by atoms with van der Waals surface area (Å²) in [6.07, 6.45) is 0. The molecule has 0 aliphatic rings. The number of nitrogens with zero attached hydrogens (tertiary/aromatic N) is 2. The zero-order chi connectivity index (χ0) is 15.7. The van der Waals surface area contributed by atoms with Crippen LogP contribution in [-0.4, -0.2) is 18.7 Å². The summed E-state index contributed by atoms with van der Waals surface area (Å²) in [4.78, 5) is 14.5.